The lowest BCUT2D eigenvalue weighted by atomic mass is 9.97. The van der Waals surface area contributed by atoms with Crippen LogP contribution < -0.4 is 14.8 Å². The molecule has 2 aliphatic heterocycles. The first-order valence-corrected chi connectivity index (χ1v) is 16.8. The van der Waals surface area contributed by atoms with E-state index in [1.807, 2.05) is 53.4 Å². The summed E-state index contributed by atoms with van der Waals surface area (Å²) < 4.78 is 12.8. The molecule has 0 aliphatic carbocycles. The van der Waals surface area contributed by atoms with E-state index in [1.54, 1.807) is 6.07 Å². The molecule has 1 amide bonds. The number of hydrogen-bond donors (Lipinski definition) is 1. The average molecular weight is 722 g/mol. The van der Waals surface area contributed by atoms with Crippen LogP contribution in [0.2, 0.25) is 5.02 Å². The molecule has 1 atom stereocenters. The van der Waals surface area contributed by atoms with Gasteiger partial charge in [-0.25, -0.2) is 0 Å². The Morgan fingerprint density at radius 2 is 1.63 bits per heavy atom. The molecule has 4 aromatic carbocycles. The van der Waals surface area contributed by atoms with Crippen molar-refractivity contribution in [3.05, 3.63) is 118 Å². The number of halogens is 3. The van der Waals surface area contributed by atoms with Crippen molar-refractivity contribution in [1.82, 2.24) is 15.1 Å². The first kappa shape index (κ1) is 38.0. The summed E-state index contributed by atoms with van der Waals surface area (Å²) in [5.41, 5.74) is 6.95. The van der Waals surface area contributed by atoms with Crippen molar-refractivity contribution in [2.75, 3.05) is 32.7 Å². The molecule has 49 heavy (non-hydrogen) atoms. The standard InChI is InChI=1S/C39H41ClN4O3.2ClH/c1-28-32(13-8-14-34(28)31-11-3-2-4-12-31)27-47-38-23-37(46-26-30-10-7-9-29(21-30)24-41)33(22-35(38)40)25-44-18-6-5-15-36(44)39(45)43-19-16-42-17-20-43;;/h2-4,7-14,21-23,36,42H,5-6,15-20,25-27H2,1H3;2*1H. The second-order valence-electron chi connectivity index (χ2n) is 12.3. The summed E-state index contributed by atoms with van der Waals surface area (Å²) in [4.78, 5) is 17.9. The van der Waals surface area contributed by atoms with Gasteiger partial charge < -0.3 is 19.7 Å². The minimum Gasteiger partial charge on any atom is -0.488 e. The molecular weight excluding hydrogens is 679 g/mol. The maximum Gasteiger partial charge on any atom is 0.240 e. The van der Waals surface area contributed by atoms with E-state index in [2.05, 4.69) is 53.5 Å². The molecule has 2 saturated heterocycles. The van der Waals surface area contributed by atoms with E-state index < -0.39 is 0 Å². The van der Waals surface area contributed by atoms with Gasteiger partial charge in [0.25, 0.3) is 0 Å². The minimum atomic E-state index is -0.170. The summed E-state index contributed by atoms with van der Waals surface area (Å²) in [6.07, 6.45) is 2.92. The van der Waals surface area contributed by atoms with Gasteiger partial charge in [0.15, 0.2) is 0 Å². The molecular formula is C39H43Cl3N4O3. The third-order valence-corrected chi connectivity index (χ3v) is 9.48. The van der Waals surface area contributed by atoms with Crippen molar-refractivity contribution in [3.8, 4) is 28.7 Å². The number of likely N-dealkylation sites (tertiary alicyclic amines) is 1. The van der Waals surface area contributed by atoms with Crippen molar-refractivity contribution < 1.29 is 14.3 Å². The molecule has 258 valence electrons. The number of carbonyl (C=O) groups excluding carboxylic acids is 1. The van der Waals surface area contributed by atoms with Gasteiger partial charge >= 0.3 is 0 Å². The number of piperidine rings is 1. The van der Waals surface area contributed by atoms with Gasteiger partial charge in [0, 0.05) is 44.4 Å². The molecule has 4 aromatic rings. The fourth-order valence-electron chi connectivity index (χ4n) is 6.54. The molecule has 2 fully saturated rings. The summed E-state index contributed by atoms with van der Waals surface area (Å²) >= 11 is 6.91. The Bertz CT molecular complexity index is 1740. The summed E-state index contributed by atoms with van der Waals surface area (Å²) in [7, 11) is 0. The topological polar surface area (TPSA) is 77.8 Å². The number of amides is 1. The highest BCUT2D eigenvalue weighted by atomic mass is 35.5. The van der Waals surface area contributed by atoms with Crippen molar-refractivity contribution in [2.24, 2.45) is 0 Å². The molecule has 1 unspecified atom stereocenters. The quantitative estimate of drug-likeness (QED) is 0.179. The highest BCUT2D eigenvalue weighted by molar-refractivity contribution is 6.32. The smallest absolute Gasteiger partial charge is 0.240 e. The van der Waals surface area contributed by atoms with Gasteiger partial charge in [-0.2, -0.15) is 5.26 Å². The highest BCUT2D eigenvalue weighted by Crippen LogP contribution is 2.36. The molecule has 2 aliphatic rings. The number of benzene rings is 4. The van der Waals surface area contributed by atoms with Crippen LogP contribution in [-0.4, -0.2) is 54.5 Å². The Morgan fingerprint density at radius 3 is 2.41 bits per heavy atom. The second kappa shape index (κ2) is 18.3. The summed E-state index contributed by atoms with van der Waals surface area (Å²) in [6, 6.07) is 29.9. The summed E-state index contributed by atoms with van der Waals surface area (Å²) in [6.45, 7) is 7.26. The number of nitrogens with zero attached hydrogens (tertiary/aromatic N) is 3. The number of rotatable bonds is 10. The van der Waals surface area contributed by atoms with E-state index in [4.69, 9.17) is 21.1 Å². The maximum atomic E-state index is 13.6. The van der Waals surface area contributed by atoms with Gasteiger partial charge in [-0.1, -0.05) is 78.7 Å². The lowest BCUT2D eigenvalue weighted by Gasteiger charge is -2.39. The maximum absolute atomic E-state index is 13.6. The zero-order valence-corrected chi connectivity index (χ0v) is 30.1. The van der Waals surface area contributed by atoms with E-state index in [0.717, 1.165) is 79.8 Å². The molecule has 0 saturated carbocycles. The van der Waals surface area contributed by atoms with E-state index in [1.165, 1.54) is 5.56 Å². The van der Waals surface area contributed by atoms with Gasteiger partial charge in [-0.05, 0) is 72.3 Å². The number of ether oxygens (including phenoxy) is 2. The predicted octanol–water partition coefficient (Wildman–Crippen LogP) is 7.98. The first-order valence-electron chi connectivity index (χ1n) is 16.4. The third kappa shape index (κ3) is 9.48. The number of nitrogens with one attached hydrogen (secondary N) is 1. The number of nitriles is 1. The van der Waals surface area contributed by atoms with Crippen LogP contribution in [-0.2, 0) is 24.6 Å². The minimum absolute atomic E-state index is 0. The van der Waals surface area contributed by atoms with E-state index >= 15 is 0 Å². The Morgan fingerprint density at radius 1 is 0.878 bits per heavy atom. The van der Waals surface area contributed by atoms with Crippen LogP contribution in [0.4, 0.5) is 0 Å². The third-order valence-electron chi connectivity index (χ3n) is 9.18. The molecule has 6 rings (SSSR count). The fourth-order valence-corrected chi connectivity index (χ4v) is 6.78. The van der Waals surface area contributed by atoms with Crippen molar-refractivity contribution in [1.29, 1.82) is 5.26 Å². The van der Waals surface area contributed by atoms with Gasteiger partial charge in [0.2, 0.25) is 5.91 Å². The Kier molecular flexibility index (Phi) is 14.2. The highest BCUT2D eigenvalue weighted by Gasteiger charge is 2.33. The Labute approximate surface area is 307 Å². The molecule has 0 spiro atoms. The second-order valence-corrected chi connectivity index (χ2v) is 12.7. The molecule has 0 radical (unpaired) electrons. The monoisotopic (exact) mass is 720 g/mol. The van der Waals surface area contributed by atoms with Crippen LogP contribution in [0.1, 0.15) is 47.1 Å². The molecule has 2 heterocycles. The zero-order chi connectivity index (χ0) is 32.6. The number of carbonyl (C=O) groups is 1. The normalized spacial score (nSPS) is 16.1. The molecule has 10 heteroatoms. The van der Waals surface area contributed by atoms with Crippen LogP contribution in [0, 0.1) is 18.3 Å². The van der Waals surface area contributed by atoms with Crippen LogP contribution in [0.25, 0.3) is 11.1 Å². The summed E-state index contributed by atoms with van der Waals surface area (Å²) in [5.74, 6) is 1.40. The Hall–Kier alpha value is -3.77. The van der Waals surface area contributed by atoms with Crippen LogP contribution in [0.5, 0.6) is 11.5 Å². The Balaban J connectivity index is 0.00000270. The fraction of sp³-hybridized carbons (Fsp3) is 0.333. The van der Waals surface area contributed by atoms with Gasteiger partial charge in [0.05, 0.1) is 22.7 Å². The van der Waals surface area contributed by atoms with Gasteiger partial charge in [-0.3, -0.25) is 9.69 Å². The van der Waals surface area contributed by atoms with Crippen LogP contribution in [0.3, 0.4) is 0 Å². The molecule has 0 aromatic heterocycles. The average Bonchev–Trinajstić information content (AvgIpc) is 3.12. The van der Waals surface area contributed by atoms with Crippen LogP contribution in [0.15, 0.2) is 84.9 Å². The number of hydrogen-bond acceptors (Lipinski definition) is 6. The van der Waals surface area contributed by atoms with Crippen molar-refractivity contribution in [2.45, 2.75) is 52.0 Å². The van der Waals surface area contributed by atoms with E-state index in [9.17, 15) is 10.1 Å². The predicted molar refractivity (Wildman–Crippen MR) is 200 cm³/mol. The van der Waals surface area contributed by atoms with Crippen molar-refractivity contribution >= 4 is 42.3 Å². The van der Waals surface area contributed by atoms with Gasteiger partial charge in [0.1, 0.15) is 24.7 Å². The van der Waals surface area contributed by atoms with Gasteiger partial charge in [-0.15, -0.1) is 24.8 Å². The zero-order valence-electron chi connectivity index (χ0n) is 27.7. The van der Waals surface area contributed by atoms with E-state index in [-0.39, 0.29) is 43.4 Å². The SMILES string of the molecule is Cc1c(COc2cc(OCc3cccc(C#N)c3)c(CN3CCCCC3C(=O)N3CCNCC3)cc2Cl)cccc1-c1ccccc1.Cl.Cl. The molecule has 0 bridgehead atoms. The first-order chi connectivity index (χ1) is 23.0. The number of piperazine rings is 1. The lowest BCUT2D eigenvalue weighted by Crippen LogP contribution is -2.55. The van der Waals surface area contributed by atoms with Crippen molar-refractivity contribution in [3.63, 3.8) is 0 Å². The largest absolute Gasteiger partial charge is 0.488 e. The lowest BCUT2D eigenvalue weighted by molar-refractivity contribution is -0.139. The van der Waals surface area contributed by atoms with Crippen LogP contribution >= 0.6 is 36.4 Å². The summed E-state index contributed by atoms with van der Waals surface area (Å²) in [5, 5.41) is 13.2. The van der Waals surface area contributed by atoms with E-state index in [0.29, 0.717) is 35.2 Å². The molecule has 1 N–H and O–H groups in total. The molecule has 7 nitrogen and oxygen atoms in total.